The molecule has 0 heterocycles. The Morgan fingerprint density at radius 1 is 1.33 bits per heavy atom. The highest BCUT2D eigenvalue weighted by molar-refractivity contribution is 5.85. The molecule has 0 aliphatic heterocycles. The number of nitrogens with two attached hydrogens (primary N) is 1. The zero-order valence-corrected chi connectivity index (χ0v) is 11.8. The van der Waals surface area contributed by atoms with Crippen LogP contribution < -0.4 is 15.8 Å². The van der Waals surface area contributed by atoms with Gasteiger partial charge < -0.3 is 15.8 Å². The van der Waals surface area contributed by atoms with Gasteiger partial charge in [-0.25, -0.2) is 0 Å². The van der Waals surface area contributed by atoms with E-state index >= 15 is 0 Å². The molecule has 5 heteroatoms. The summed E-state index contributed by atoms with van der Waals surface area (Å²) < 4.78 is 5.34. The van der Waals surface area contributed by atoms with E-state index in [9.17, 15) is 4.79 Å². The minimum absolute atomic E-state index is 0. The summed E-state index contributed by atoms with van der Waals surface area (Å²) in [6.45, 7) is 6.16. The molecule has 0 bridgehead atoms. The van der Waals surface area contributed by atoms with Crippen LogP contribution in [0.25, 0.3) is 0 Å². The van der Waals surface area contributed by atoms with Gasteiger partial charge in [0.05, 0.1) is 0 Å². The molecule has 3 N–H and O–H groups in total. The molecule has 0 saturated heterocycles. The van der Waals surface area contributed by atoms with Crippen molar-refractivity contribution in [2.75, 3.05) is 13.2 Å². The van der Waals surface area contributed by atoms with Crippen LogP contribution in [0.3, 0.4) is 0 Å². The fourth-order valence-corrected chi connectivity index (χ4v) is 1.16. The minimum atomic E-state index is -0.403. The predicted molar refractivity (Wildman–Crippen MR) is 75.2 cm³/mol. The molecule has 0 spiro atoms. The summed E-state index contributed by atoms with van der Waals surface area (Å²) in [5.41, 5.74) is 6.51. The van der Waals surface area contributed by atoms with Crippen molar-refractivity contribution in [2.24, 2.45) is 5.73 Å². The largest absolute Gasteiger partial charge is 0.484 e. The van der Waals surface area contributed by atoms with E-state index in [1.165, 1.54) is 0 Å². The molecule has 0 radical (unpaired) electrons. The summed E-state index contributed by atoms with van der Waals surface area (Å²) in [6.07, 6.45) is 0. The van der Waals surface area contributed by atoms with Gasteiger partial charge >= 0.3 is 0 Å². The van der Waals surface area contributed by atoms with Gasteiger partial charge in [-0.3, -0.25) is 4.79 Å². The summed E-state index contributed by atoms with van der Waals surface area (Å²) >= 11 is 0. The van der Waals surface area contributed by atoms with Crippen LogP contribution in [-0.4, -0.2) is 24.6 Å². The predicted octanol–water partition coefficient (Wildman–Crippen LogP) is 1.65. The fourth-order valence-electron chi connectivity index (χ4n) is 1.16. The van der Waals surface area contributed by atoms with Gasteiger partial charge in [0.2, 0.25) is 0 Å². The molecule has 1 rings (SSSR count). The van der Waals surface area contributed by atoms with E-state index in [-0.39, 0.29) is 24.9 Å². The van der Waals surface area contributed by atoms with E-state index in [1.54, 1.807) is 0 Å². The van der Waals surface area contributed by atoms with Crippen LogP contribution in [0.4, 0.5) is 0 Å². The molecule has 102 valence electrons. The van der Waals surface area contributed by atoms with E-state index in [0.717, 1.165) is 5.56 Å². The van der Waals surface area contributed by atoms with Gasteiger partial charge in [-0.15, -0.1) is 12.4 Å². The number of rotatable bonds is 5. The average Bonchev–Trinajstić information content (AvgIpc) is 2.25. The van der Waals surface area contributed by atoms with Crippen molar-refractivity contribution < 1.29 is 9.53 Å². The highest BCUT2D eigenvalue weighted by Gasteiger charge is 2.12. The maximum atomic E-state index is 11.4. The second kappa shape index (κ2) is 7.24. The number of halogens is 1. The molecule has 18 heavy (non-hydrogen) atoms. The molecule has 0 fully saturated rings. The normalized spacial score (nSPS) is 10.4. The van der Waals surface area contributed by atoms with Crippen molar-refractivity contribution in [1.82, 2.24) is 5.32 Å². The monoisotopic (exact) mass is 272 g/mol. The quantitative estimate of drug-likeness (QED) is 0.857. The van der Waals surface area contributed by atoms with Crippen LogP contribution >= 0.6 is 12.4 Å². The first-order valence-electron chi connectivity index (χ1n) is 5.62. The van der Waals surface area contributed by atoms with Crippen LogP contribution in [0.2, 0.25) is 0 Å². The summed E-state index contributed by atoms with van der Waals surface area (Å²) in [7, 11) is 0. The lowest BCUT2D eigenvalue weighted by Gasteiger charge is -2.18. The Kier molecular flexibility index (Phi) is 6.73. The lowest BCUT2D eigenvalue weighted by molar-refractivity contribution is -0.123. The lowest BCUT2D eigenvalue weighted by Crippen LogP contribution is -2.46. The molecule has 4 nitrogen and oxygen atoms in total. The van der Waals surface area contributed by atoms with Crippen LogP contribution in [0.1, 0.15) is 19.4 Å². The molecular weight excluding hydrogens is 252 g/mol. The number of carbonyl (C=O) groups is 1. The Balaban J connectivity index is 0.00000289. The standard InChI is InChI=1S/C13H20N2O2.ClH/c1-10-4-6-11(7-5-10)17-8-12(16)15-9-13(2,3)14;/h4-7H,8-9,14H2,1-3H3,(H,15,16);1H. The number of benzene rings is 1. The molecule has 0 unspecified atom stereocenters. The minimum Gasteiger partial charge on any atom is -0.484 e. The molecular formula is C13H21ClN2O2. The summed E-state index contributed by atoms with van der Waals surface area (Å²) in [6, 6.07) is 7.57. The SMILES string of the molecule is Cc1ccc(OCC(=O)NCC(C)(C)N)cc1.Cl. The van der Waals surface area contributed by atoms with Crippen molar-refractivity contribution in [3.05, 3.63) is 29.8 Å². The van der Waals surface area contributed by atoms with Gasteiger partial charge in [-0.1, -0.05) is 17.7 Å². The summed E-state index contributed by atoms with van der Waals surface area (Å²) in [5, 5.41) is 2.72. The number of amides is 1. The van der Waals surface area contributed by atoms with Crippen molar-refractivity contribution in [2.45, 2.75) is 26.3 Å². The van der Waals surface area contributed by atoms with E-state index in [0.29, 0.717) is 12.3 Å². The fraction of sp³-hybridized carbons (Fsp3) is 0.462. The molecule has 1 amide bonds. The van der Waals surface area contributed by atoms with E-state index in [4.69, 9.17) is 10.5 Å². The Morgan fingerprint density at radius 3 is 2.39 bits per heavy atom. The number of carbonyl (C=O) groups excluding carboxylic acids is 1. The lowest BCUT2D eigenvalue weighted by atomic mass is 10.1. The maximum absolute atomic E-state index is 11.4. The number of hydrogen-bond donors (Lipinski definition) is 2. The third-order valence-electron chi connectivity index (χ3n) is 2.13. The number of ether oxygens (including phenoxy) is 1. The zero-order valence-electron chi connectivity index (χ0n) is 11.0. The Labute approximate surface area is 114 Å². The van der Waals surface area contributed by atoms with Crippen LogP contribution in [0, 0.1) is 6.92 Å². The van der Waals surface area contributed by atoms with Crippen molar-refractivity contribution in [3.63, 3.8) is 0 Å². The molecule has 0 aromatic heterocycles. The van der Waals surface area contributed by atoms with Gasteiger partial charge in [-0.2, -0.15) is 0 Å². The third-order valence-corrected chi connectivity index (χ3v) is 2.13. The van der Waals surface area contributed by atoms with E-state index in [2.05, 4.69) is 5.32 Å². The molecule has 1 aromatic rings. The van der Waals surface area contributed by atoms with Crippen LogP contribution in [-0.2, 0) is 4.79 Å². The van der Waals surface area contributed by atoms with Gasteiger partial charge in [0.25, 0.3) is 5.91 Å². The second-order valence-electron chi connectivity index (χ2n) is 4.87. The Morgan fingerprint density at radius 2 is 1.89 bits per heavy atom. The number of aryl methyl sites for hydroxylation is 1. The molecule has 0 atom stereocenters. The molecule has 0 aliphatic rings. The molecule has 1 aromatic carbocycles. The van der Waals surface area contributed by atoms with E-state index in [1.807, 2.05) is 45.0 Å². The number of nitrogens with one attached hydrogen (secondary N) is 1. The third kappa shape index (κ3) is 7.14. The first-order chi connectivity index (χ1) is 7.87. The molecule has 0 saturated carbocycles. The first-order valence-corrected chi connectivity index (χ1v) is 5.62. The number of hydrogen-bond acceptors (Lipinski definition) is 3. The average molecular weight is 273 g/mol. The zero-order chi connectivity index (χ0) is 12.9. The van der Waals surface area contributed by atoms with Crippen LogP contribution in [0.15, 0.2) is 24.3 Å². The molecule has 0 aliphatic carbocycles. The van der Waals surface area contributed by atoms with Gasteiger partial charge in [0.15, 0.2) is 6.61 Å². The van der Waals surface area contributed by atoms with Crippen LogP contribution in [0.5, 0.6) is 5.75 Å². The van der Waals surface area contributed by atoms with Gasteiger partial charge in [-0.05, 0) is 32.9 Å². The second-order valence-corrected chi connectivity index (χ2v) is 4.87. The Bertz CT molecular complexity index is 372. The maximum Gasteiger partial charge on any atom is 0.258 e. The smallest absolute Gasteiger partial charge is 0.258 e. The highest BCUT2D eigenvalue weighted by atomic mass is 35.5. The van der Waals surface area contributed by atoms with Crippen molar-refractivity contribution in [1.29, 1.82) is 0 Å². The van der Waals surface area contributed by atoms with E-state index < -0.39 is 5.54 Å². The first kappa shape index (κ1) is 16.7. The van der Waals surface area contributed by atoms with Gasteiger partial charge in [0, 0.05) is 12.1 Å². The summed E-state index contributed by atoms with van der Waals surface area (Å²) in [5.74, 6) is 0.529. The van der Waals surface area contributed by atoms with Crippen molar-refractivity contribution in [3.8, 4) is 5.75 Å². The highest BCUT2D eigenvalue weighted by Crippen LogP contribution is 2.10. The topological polar surface area (TPSA) is 64.3 Å². The summed E-state index contributed by atoms with van der Waals surface area (Å²) in [4.78, 5) is 11.4. The van der Waals surface area contributed by atoms with Gasteiger partial charge in [0.1, 0.15) is 5.75 Å². The van der Waals surface area contributed by atoms with Crippen molar-refractivity contribution >= 4 is 18.3 Å². The Hall–Kier alpha value is -1.26.